The van der Waals surface area contributed by atoms with Crippen molar-refractivity contribution in [2.45, 2.75) is 13.8 Å². The molecule has 0 fully saturated rings. The minimum Gasteiger partial charge on any atom is -0.359 e. The molecule has 0 radical (unpaired) electrons. The fourth-order valence-corrected chi connectivity index (χ4v) is 2.37. The fourth-order valence-electron chi connectivity index (χ4n) is 1.32. The van der Waals surface area contributed by atoms with E-state index in [1.807, 2.05) is 13.8 Å². The first-order chi connectivity index (χ1) is 5.70. The highest BCUT2D eigenvalue weighted by Crippen LogP contribution is 2.33. The Balaban J connectivity index is 2.61. The largest absolute Gasteiger partial charge is 0.359 e. The Bertz CT molecular complexity index is 343. The average molecular weight is 182 g/mol. The van der Waals surface area contributed by atoms with E-state index in [4.69, 9.17) is 0 Å². The van der Waals surface area contributed by atoms with Crippen molar-refractivity contribution >= 4 is 22.2 Å². The molecule has 0 atom stereocenters. The maximum Gasteiger partial charge on any atom is 0.255 e. The second-order valence-electron chi connectivity index (χ2n) is 2.85. The Morgan fingerprint density at radius 1 is 1.33 bits per heavy atom. The number of carbonyl (C=O) groups is 1. The smallest absolute Gasteiger partial charge is 0.255 e. The van der Waals surface area contributed by atoms with Crippen LogP contribution < -0.4 is 10.6 Å². The van der Waals surface area contributed by atoms with E-state index in [0.717, 1.165) is 16.1 Å². The van der Waals surface area contributed by atoms with Crippen LogP contribution in [-0.2, 0) is 0 Å². The van der Waals surface area contributed by atoms with Crippen LogP contribution in [0.2, 0.25) is 0 Å². The van der Waals surface area contributed by atoms with Crippen molar-refractivity contribution in [1.82, 2.24) is 5.32 Å². The quantitative estimate of drug-likeness (QED) is 0.638. The van der Waals surface area contributed by atoms with E-state index in [1.165, 1.54) is 4.88 Å². The van der Waals surface area contributed by atoms with Crippen molar-refractivity contribution in [2.75, 3.05) is 12.0 Å². The number of aryl methyl sites for hydroxylation is 1. The van der Waals surface area contributed by atoms with Gasteiger partial charge in [0.1, 0.15) is 5.00 Å². The zero-order valence-electron chi connectivity index (χ0n) is 7.02. The van der Waals surface area contributed by atoms with Crippen molar-refractivity contribution in [3.63, 3.8) is 0 Å². The SMILES string of the molecule is Cc1sc2c(c1C)C(=O)NCN2. The van der Waals surface area contributed by atoms with Crippen LogP contribution in [0.25, 0.3) is 0 Å². The van der Waals surface area contributed by atoms with E-state index in [9.17, 15) is 4.79 Å². The Kier molecular flexibility index (Phi) is 1.58. The lowest BCUT2D eigenvalue weighted by atomic mass is 10.1. The number of hydrogen-bond donors (Lipinski definition) is 2. The summed E-state index contributed by atoms with van der Waals surface area (Å²) in [6, 6.07) is 0. The zero-order valence-corrected chi connectivity index (χ0v) is 7.84. The first-order valence-electron chi connectivity index (χ1n) is 3.82. The van der Waals surface area contributed by atoms with Crippen LogP contribution in [0.1, 0.15) is 20.8 Å². The third kappa shape index (κ3) is 0.914. The Morgan fingerprint density at radius 2 is 2.08 bits per heavy atom. The number of carbonyl (C=O) groups excluding carboxylic acids is 1. The first-order valence-corrected chi connectivity index (χ1v) is 4.64. The molecule has 2 heterocycles. The summed E-state index contributed by atoms with van der Waals surface area (Å²) in [7, 11) is 0. The molecule has 1 aromatic heterocycles. The molecule has 0 unspecified atom stereocenters. The van der Waals surface area contributed by atoms with Crippen LogP contribution in [0.4, 0.5) is 5.00 Å². The molecule has 0 saturated carbocycles. The molecular formula is C8H10N2OS. The highest BCUT2D eigenvalue weighted by molar-refractivity contribution is 7.16. The minimum absolute atomic E-state index is 0.0469. The predicted octanol–water partition coefficient (Wildman–Crippen LogP) is 1.48. The summed E-state index contributed by atoms with van der Waals surface area (Å²) in [6.45, 7) is 4.57. The van der Waals surface area contributed by atoms with Crippen LogP contribution in [0.15, 0.2) is 0 Å². The van der Waals surface area contributed by atoms with Crippen molar-refractivity contribution in [1.29, 1.82) is 0 Å². The van der Waals surface area contributed by atoms with Gasteiger partial charge in [0.2, 0.25) is 0 Å². The molecule has 2 rings (SSSR count). The number of rotatable bonds is 0. The molecule has 3 nitrogen and oxygen atoms in total. The Hall–Kier alpha value is -1.03. The zero-order chi connectivity index (χ0) is 8.72. The maximum atomic E-state index is 11.4. The van der Waals surface area contributed by atoms with E-state index >= 15 is 0 Å². The molecule has 1 aliphatic rings. The lowest BCUT2D eigenvalue weighted by molar-refractivity contribution is 0.0953. The molecule has 4 heteroatoms. The van der Waals surface area contributed by atoms with Gasteiger partial charge in [-0.25, -0.2) is 0 Å². The standard InChI is InChI=1S/C8H10N2OS/c1-4-5(2)12-8-6(4)7(11)9-3-10-8/h10H,3H2,1-2H3,(H,9,11). The predicted molar refractivity (Wildman–Crippen MR) is 49.7 cm³/mol. The monoisotopic (exact) mass is 182 g/mol. The molecule has 64 valence electrons. The van der Waals surface area contributed by atoms with Gasteiger partial charge in [0.05, 0.1) is 12.2 Å². The summed E-state index contributed by atoms with van der Waals surface area (Å²) in [5.41, 5.74) is 1.92. The van der Waals surface area contributed by atoms with Crippen molar-refractivity contribution in [3.05, 3.63) is 16.0 Å². The fraction of sp³-hybridized carbons (Fsp3) is 0.375. The normalized spacial score (nSPS) is 15.0. The third-order valence-electron chi connectivity index (χ3n) is 2.11. The molecule has 12 heavy (non-hydrogen) atoms. The lowest BCUT2D eigenvalue weighted by Gasteiger charge is -2.14. The molecule has 0 aliphatic carbocycles. The van der Waals surface area contributed by atoms with Gasteiger partial charge in [0.15, 0.2) is 0 Å². The number of anilines is 1. The van der Waals surface area contributed by atoms with Crippen LogP contribution >= 0.6 is 11.3 Å². The second kappa shape index (κ2) is 2.48. The van der Waals surface area contributed by atoms with E-state index in [2.05, 4.69) is 10.6 Å². The first kappa shape index (κ1) is 7.61. The van der Waals surface area contributed by atoms with Gasteiger partial charge >= 0.3 is 0 Å². The number of fused-ring (bicyclic) bond motifs is 1. The highest BCUT2D eigenvalue weighted by atomic mass is 32.1. The van der Waals surface area contributed by atoms with Crippen molar-refractivity contribution < 1.29 is 4.79 Å². The van der Waals surface area contributed by atoms with Gasteiger partial charge in [0.25, 0.3) is 5.91 Å². The lowest BCUT2D eigenvalue weighted by Crippen LogP contribution is -2.34. The highest BCUT2D eigenvalue weighted by Gasteiger charge is 2.21. The van der Waals surface area contributed by atoms with E-state index in [1.54, 1.807) is 11.3 Å². The molecule has 0 saturated heterocycles. The van der Waals surface area contributed by atoms with Crippen LogP contribution in [0.5, 0.6) is 0 Å². The van der Waals surface area contributed by atoms with Gasteiger partial charge in [-0.05, 0) is 19.4 Å². The number of hydrogen-bond acceptors (Lipinski definition) is 3. The number of amides is 1. The van der Waals surface area contributed by atoms with Gasteiger partial charge in [-0.1, -0.05) is 0 Å². The molecule has 1 amide bonds. The summed E-state index contributed by atoms with van der Waals surface area (Å²) < 4.78 is 0. The van der Waals surface area contributed by atoms with Crippen LogP contribution in [0, 0.1) is 13.8 Å². The van der Waals surface area contributed by atoms with Crippen molar-refractivity contribution in [3.8, 4) is 0 Å². The van der Waals surface area contributed by atoms with E-state index < -0.39 is 0 Å². The molecule has 1 aromatic rings. The summed E-state index contributed by atoms with van der Waals surface area (Å²) in [4.78, 5) is 12.6. The summed E-state index contributed by atoms with van der Waals surface area (Å²) in [6.07, 6.45) is 0. The molecular weight excluding hydrogens is 172 g/mol. The topological polar surface area (TPSA) is 41.1 Å². The summed E-state index contributed by atoms with van der Waals surface area (Å²) in [5, 5.41) is 6.90. The van der Waals surface area contributed by atoms with Gasteiger partial charge in [-0.15, -0.1) is 11.3 Å². The summed E-state index contributed by atoms with van der Waals surface area (Å²) >= 11 is 1.65. The van der Waals surface area contributed by atoms with Crippen LogP contribution in [-0.4, -0.2) is 12.6 Å². The molecule has 0 spiro atoms. The minimum atomic E-state index is 0.0469. The molecule has 0 bridgehead atoms. The van der Waals surface area contributed by atoms with E-state index in [-0.39, 0.29) is 5.91 Å². The van der Waals surface area contributed by atoms with Gasteiger partial charge < -0.3 is 10.6 Å². The summed E-state index contributed by atoms with van der Waals surface area (Å²) in [5.74, 6) is 0.0469. The Morgan fingerprint density at radius 3 is 2.75 bits per heavy atom. The van der Waals surface area contributed by atoms with E-state index in [0.29, 0.717) is 6.67 Å². The third-order valence-corrected chi connectivity index (χ3v) is 3.28. The number of nitrogens with one attached hydrogen (secondary N) is 2. The number of thiophene rings is 1. The van der Waals surface area contributed by atoms with Gasteiger partial charge in [-0.2, -0.15) is 0 Å². The molecule has 0 aromatic carbocycles. The maximum absolute atomic E-state index is 11.4. The molecule has 2 N–H and O–H groups in total. The second-order valence-corrected chi connectivity index (χ2v) is 4.07. The molecule has 1 aliphatic heterocycles. The average Bonchev–Trinajstić information content (AvgIpc) is 2.29. The Labute approximate surface area is 74.8 Å². The van der Waals surface area contributed by atoms with Gasteiger partial charge in [0, 0.05) is 4.88 Å². The van der Waals surface area contributed by atoms with Crippen molar-refractivity contribution in [2.24, 2.45) is 0 Å². The van der Waals surface area contributed by atoms with Gasteiger partial charge in [-0.3, -0.25) is 4.79 Å². The van der Waals surface area contributed by atoms with Crippen LogP contribution in [0.3, 0.4) is 0 Å².